The second-order valence-corrected chi connectivity index (χ2v) is 7.64. The summed E-state index contributed by atoms with van der Waals surface area (Å²) in [7, 11) is 0. The zero-order valence-electron chi connectivity index (χ0n) is 16.2. The molecule has 5 rings (SSSR count). The molecule has 2 aromatic heterocycles. The minimum Gasteiger partial charge on any atom is -0.490 e. The third-order valence-electron chi connectivity index (χ3n) is 5.71. The van der Waals surface area contributed by atoms with E-state index in [1.165, 1.54) is 23.4 Å². The van der Waals surface area contributed by atoms with Gasteiger partial charge in [-0.1, -0.05) is 0 Å². The van der Waals surface area contributed by atoms with Crippen molar-refractivity contribution in [1.82, 2.24) is 15.0 Å². The molecule has 1 fully saturated rings. The number of ether oxygens (including phenoxy) is 1. The zero-order chi connectivity index (χ0) is 19.6. The molecular formula is C23H23FN4O. The van der Waals surface area contributed by atoms with E-state index in [1.54, 1.807) is 24.5 Å². The molecule has 1 aliphatic carbocycles. The number of benzene rings is 1. The molecule has 148 valence electrons. The minimum atomic E-state index is -0.241. The Kier molecular flexibility index (Phi) is 4.84. The molecular weight excluding hydrogens is 367 g/mol. The number of hydrogen-bond acceptors (Lipinski definition) is 5. The first-order valence-corrected chi connectivity index (χ1v) is 10.2. The summed E-state index contributed by atoms with van der Waals surface area (Å²) in [6, 6.07) is 10.2. The second kappa shape index (κ2) is 7.78. The number of halogens is 1. The van der Waals surface area contributed by atoms with E-state index in [1.807, 2.05) is 12.1 Å². The monoisotopic (exact) mass is 390 g/mol. The van der Waals surface area contributed by atoms with Gasteiger partial charge in [-0.25, -0.2) is 14.4 Å². The molecule has 6 heteroatoms. The molecule has 1 aliphatic heterocycles. The lowest BCUT2D eigenvalue weighted by atomic mass is 10.1. The van der Waals surface area contributed by atoms with E-state index in [0.29, 0.717) is 0 Å². The Morgan fingerprint density at radius 1 is 0.931 bits per heavy atom. The van der Waals surface area contributed by atoms with Crippen LogP contribution in [0.3, 0.4) is 0 Å². The summed E-state index contributed by atoms with van der Waals surface area (Å²) in [6.07, 6.45) is 8.75. The van der Waals surface area contributed by atoms with E-state index in [-0.39, 0.29) is 11.9 Å². The lowest BCUT2D eigenvalue weighted by molar-refractivity contribution is 0.170. The van der Waals surface area contributed by atoms with Crippen molar-refractivity contribution in [3.8, 4) is 17.1 Å². The third kappa shape index (κ3) is 3.79. The van der Waals surface area contributed by atoms with Gasteiger partial charge in [0, 0.05) is 55.1 Å². The number of anilines is 1. The van der Waals surface area contributed by atoms with Crippen LogP contribution >= 0.6 is 0 Å². The van der Waals surface area contributed by atoms with Gasteiger partial charge in [0.05, 0.1) is 0 Å². The lowest BCUT2D eigenvalue weighted by Gasteiger charge is -2.34. The predicted octanol–water partition coefficient (Wildman–Crippen LogP) is 4.21. The summed E-state index contributed by atoms with van der Waals surface area (Å²) in [4.78, 5) is 16.3. The Morgan fingerprint density at radius 3 is 2.45 bits per heavy atom. The molecule has 29 heavy (non-hydrogen) atoms. The SMILES string of the molecule is Fc1ccc(OC2CCN(c3nc(-c4ccncc4)nc4c3CCC4)CC2)cc1. The van der Waals surface area contributed by atoms with Gasteiger partial charge in [-0.3, -0.25) is 4.98 Å². The molecule has 0 amide bonds. The Bertz CT molecular complexity index is 986. The zero-order valence-corrected chi connectivity index (χ0v) is 16.2. The molecule has 2 aliphatic rings. The van der Waals surface area contributed by atoms with Crippen LogP contribution in [0.25, 0.3) is 11.4 Å². The van der Waals surface area contributed by atoms with Crippen LogP contribution < -0.4 is 9.64 Å². The van der Waals surface area contributed by atoms with Gasteiger partial charge in [0.2, 0.25) is 0 Å². The number of hydrogen-bond donors (Lipinski definition) is 0. The quantitative estimate of drug-likeness (QED) is 0.668. The smallest absolute Gasteiger partial charge is 0.161 e. The average molecular weight is 390 g/mol. The fourth-order valence-corrected chi connectivity index (χ4v) is 4.20. The summed E-state index contributed by atoms with van der Waals surface area (Å²) >= 11 is 0. The van der Waals surface area contributed by atoms with Crippen molar-refractivity contribution >= 4 is 5.82 Å². The standard InChI is InChI=1S/C23H23FN4O/c24-17-4-6-18(7-5-17)29-19-10-14-28(15-11-19)23-20-2-1-3-21(20)26-22(27-23)16-8-12-25-13-9-16/h4-9,12-13,19H,1-3,10-11,14-15H2. The third-order valence-corrected chi connectivity index (χ3v) is 5.71. The fourth-order valence-electron chi connectivity index (χ4n) is 4.20. The van der Waals surface area contributed by atoms with Crippen LogP contribution in [0.2, 0.25) is 0 Å². The number of rotatable bonds is 4. The van der Waals surface area contributed by atoms with Gasteiger partial charge in [-0.05, 0) is 55.7 Å². The van der Waals surface area contributed by atoms with Crippen LogP contribution in [-0.4, -0.2) is 34.1 Å². The van der Waals surface area contributed by atoms with E-state index in [9.17, 15) is 4.39 Å². The maximum Gasteiger partial charge on any atom is 0.161 e. The van der Waals surface area contributed by atoms with Gasteiger partial charge in [0.25, 0.3) is 0 Å². The summed E-state index contributed by atoms with van der Waals surface area (Å²) in [6.45, 7) is 1.79. The molecule has 0 N–H and O–H groups in total. The Balaban J connectivity index is 1.34. The summed E-state index contributed by atoms with van der Waals surface area (Å²) in [5.74, 6) is 2.36. The molecule has 0 unspecified atom stereocenters. The van der Waals surface area contributed by atoms with Crippen LogP contribution in [-0.2, 0) is 12.8 Å². The van der Waals surface area contributed by atoms with Crippen molar-refractivity contribution in [3.05, 3.63) is 65.9 Å². The predicted molar refractivity (Wildman–Crippen MR) is 110 cm³/mol. The van der Waals surface area contributed by atoms with Crippen LogP contribution in [0, 0.1) is 5.82 Å². The van der Waals surface area contributed by atoms with Crippen molar-refractivity contribution in [2.75, 3.05) is 18.0 Å². The number of pyridine rings is 1. The van der Waals surface area contributed by atoms with Crippen molar-refractivity contribution in [3.63, 3.8) is 0 Å². The van der Waals surface area contributed by atoms with E-state index in [4.69, 9.17) is 14.7 Å². The number of nitrogens with zero attached hydrogens (tertiary/aromatic N) is 4. The van der Waals surface area contributed by atoms with E-state index in [0.717, 1.165) is 68.1 Å². The maximum absolute atomic E-state index is 13.1. The molecule has 1 saturated heterocycles. The average Bonchev–Trinajstić information content (AvgIpc) is 3.25. The number of aryl methyl sites for hydroxylation is 1. The molecule has 3 aromatic rings. The molecule has 0 atom stereocenters. The highest BCUT2D eigenvalue weighted by atomic mass is 19.1. The van der Waals surface area contributed by atoms with Gasteiger partial charge >= 0.3 is 0 Å². The summed E-state index contributed by atoms with van der Waals surface area (Å²) in [5, 5.41) is 0. The number of fused-ring (bicyclic) bond motifs is 1. The number of piperidine rings is 1. The fraction of sp³-hybridized carbons (Fsp3) is 0.348. The highest BCUT2D eigenvalue weighted by molar-refractivity contribution is 5.61. The minimum absolute atomic E-state index is 0.145. The highest BCUT2D eigenvalue weighted by Gasteiger charge is 2.27. The van der Waals surface area contributed by atoms with Gasteiger partial charge in [0.15, 0.2) is 5.82 Å². The first kappa shape index (κ1) is 18.0. The van der Waals surface area contributed by atoms with Crippen LogP contribution in [0.15, 0.2) is 48.8 Å². The van der Waals surface area contributed by atoms with Crippen molar-refractivity contribution in [2.45, 2.75) is 38.2 Å². The van der Waals surface area contributed by atoms with Crippen molar-refractivity contribution < 1.29 is 9.13 Å². The largest absolute Gasteiger partial charge is 0.490 e. The Hall–Kier alpha value is -3.02. The maximum atomic E-state index is 13.1. The first-order valence-electron chi connectivity index (χ1n) is 10.2. The van der Waals surface area contributed by atoms with Crippen molar-refractivity contribution in [1.29, 1.82) is 0 Å². The van der Waals surface area contributed by atoms with Gasteiger partial charge in [-0.15, -0.1) is 0 Å². The lowest BCUT2D eigenvalue weighted by Crippen LogP contribution is -2.39. The Labute approximate surface area is 169 Å². The first-order chi connectivity index (χ1) is 14.3. The van der Waals surface area contributed by atoms with Crippen LogP contribution in [0.5, 0.6) is 5.75 Å². The van der Waals surface area contributed by atoms with Gasteiger partial charge in [0.1, 0.15) is 23.5 Å². The normalized spacial score (nSPS) is 16.7. The highest BCUT2D eigenvalue weighted by Crippen LogP contribution is 2.33. The number of aromatic nitrogens is 3. The molecule has 1 aromatic carbocycles. The molecule has 0 spiro atoms. The van der Waals surface area contributed by atoms with Gasteiger partial charge < -0.3 is 9.64 Å². The Morgan fingerprint density at radius 2 is 1.69 bits per heavy atom. The van der Waals surface area contributed by atoms with Crippen LogP contribution in [0.1, 0.15) is 30.5 Å². The summed E-state index contributed by atoms with van der Waals surface area (Å²) < 4.78 is 19.1. The van der Waals surface area contributed by atoms with E-state index >= 15 is 0 Å². The second-order valence-electron chi connectivity index (χ2n) is 7.64. The van der Waals surface area contributed by atoms with E-state index < -0.39 is 0 Å². The molecule has 0 bridgehead atoms. The van der Waals surface area contributed by atoms with E-state index in [2.05, 4.69) is 9.88 Å². The molecule has 3 heterocycles. The topological polar surface area (TPSA) is 51.1 Å². The molecule has 0 saturated carbocycles. The van der Waals surface area contributed by atoms with Gasteiger partial charge in [-0.2, -0.15) is 0 Å². The summed E-state index contributed by atoms with van der Waals surface area (Å²) in [5.41, 5.74) is 3.50. The van der Waals surface area contributed by atoms with Crippen LogP contribution in [0.4, 0.5) is 10.2 Å². The molecule has 5 nitrogen and oxygen atoms in total. The van der Waals surface area contributed by atoms with Crippen molar-refractivity contribution in [2.24, 2.45) is 0 Å². The molecule has 0 radical (unpaired) electrons.